The van der Waals surface area contributed by atoms with E-state index in [-0.39, 0.29) is 54.4 Å². The second-order valence-electron chi connectivity index (χ2n) is 16.3. The van der Waals surface area contributed by atoms with E-state index in [1.807, 2.05) is 279 Å². The zero-order chi connectivity index (χ0) is 79.9. The van der Waals surface area contributed by atoms with Gasteiger partial charge in [-0.1, -0.05) is 344 Å². The van der Waals surface area contributed by atoms with E-state index < -0.39 is 4.92 Å². The molecule has 0 aliphatic carbocycles. The number of rotatable bonds is 1. The summed E-state index contributed by atoms with van der Waals surface area (Å²) in [6, 6.07) is 52.7. The summed E-state index contributed by atoms with van der Waals surface area (Å²) in [7, 11) is 3.90. The fraction of sp³-hybridized carbons (Fsp3) is 0.355. The summed E-state index contributed by atoms with van der Waals surface area (Å²) in [5.41, 5.74) is 27.9. The fourth-order valence-corrected chi connectivity index (χ4v) is 6.70. The van der Waals surface area contributed by atoms with E-state index in [0.29, 0.717) is 27.8 Å². The molecule has 0 unspecified atom stereocenters. The maximum atomic E-state index is 10.8. The normalized spacial score (nSPS) is 8.89. The zero-order valence-corrected chi connectivity index (χ0v) is 83.9. The summed E-state index contributed by atoms with van der Waals surface area (Å²) in [6.07, 6.45) is 4.06. The van der Waals surface area contributed by atoms with Crippen LogP contribution in [0.1, 0.15) is 151 Å². The van der Waals surface area contributed by atoms with Crippen LogP contribution >= 0.6 is 181 Å². The van der Waals surface area contributed by atoms with Gasteiger partial charge in [0.25, 0.3) is 5.69 Å². The van der Waals surface area contributed by atoms with Crippen molar-refractivity contribution >= 4 is 260 Å². The predicted octanol–water partition coefficient (Wildman–Crippen LogP) is 28.0. The molecule has 7 aromatic carbocycles. The monoisotopic (exact) mass is 2320 g/mol. The van der Waals surface area contributed by atoms with Crippen LogP contribution in [-0.4, -0.2) is 55.7 Å². The number of fused-ring (bicyclic) bond motifs is 5. The van der Waals surface area contributed by atoms with Gasteiger partial charge in [-0.05, 0) is 120 Å². The summed E-state index contributed by atoms with van der Waals surface area (Å²) in [4.78, 5) is 42.8. The van der Waals surface area contributed by atoms with Crippen LogP contribution < -0.4 is 22.5 Å². The number of aromatic amines is 2. The maximum absolute atomic E-state index is 10.8. The standard InChI is InChI=1S/C8H7ClN2.C8H8N2.C8H7NO.C7H5ClN2.C7H6N2.C6H6N2O2.C6H8N2.C2H3I3.C2H4I2.C2H5I.C2H4I.8C2H6.C2H5.2V/c1-11-7-5-3-2-4-6(7)10-8(11)9;1-10-6-9-7-4-2-3-5-8(7)10;10-8-5-6-3-1-2-4-7(6)9-8;8-7-9-5-3-1-2-4-6(5)10-7;1-2-4-7-6(3-1)8-5-9-7;7-5-3-1-2-4-6(5)8(9)10;7-5-3-1-2-4-6(5)8;1-2(3,4)5;1-2(3)4;2*1-2-3;9*1-2;;/h2-5H,1H3;2-6H,1H3;1-4H,5H2,(H,9,10);1-4H,(H,9,10);1-5H,(H,8,9);1-4H,7H2;1-4H,7-8H2;1H3;2H,1H3;2H2,1H3;2H,1H3;8*1-2H3;1H2,2H3;;/q;;;;;;;;;;-1;;;;;;;;;-1;;. The number of aromatic nitrogens is 8. The van der Waals surface area contributed by atoms with Crippen molar-refractivity contribution in [3.63, 3.8) is 0 Å². The van der Waals surface area contributed by atoms with Crippen LogP contribution in [0.3, 0.4) is 0 Å². The molecule has 1 aliphatic heterocycles. The molecule has 5 heterocycles. The third-order valence-corrected chi connectivity index (χ3v) is 10.3. The Morgan fingerprint density at radius 3 is 1.35 bits per heavy atom. The Labute approximate surface area is 750 Å². The first-order chi connectivity index (χ1) is 48.4. The summed E-state index contributed by atoms with van der Waals surface area (Å²) in [6.45, 7) is 45.4. The zero-order valence-electron chi connectivity index (χ0n) is 64.5. The van der Waals surface area contributed by atoms with E-state index in [9.17, 15) is 14.9 Å². The Morgan fingerprint density at radius 2 is 0.961 bits per heavy atom. The van der Waals surface area contributed by atoms with Gasteiger partial charge in [0.1, 0.15) is 5.12 Å². The number of hydrogen-bond donors (Lipinski definition) is 6. The second-order valence-corrected chi connectivity index (χ2v) is 38.6. The van der Waals surface area contributed by atoms with E-state index in [1.165, 1.54) is 22.1 Å². The molecule has 9 N–H and O–H groups in total. The van der Waals surface area contributed by atoms with Crippen LogP contribution in [0.4, 0.5) is 28.4 Å². The SMILES string of the molecule is CC.CC.CC.CC.CC.CC.CC.CC.CC(I)(I)I.CC(I)I.CCI.C[CH-]I.Clc1nc2ccccc2[nH]1.Cn1c(Cl)nc2ccccc21.Cn1cnc2ccccc21.Nc1ccccc1N.Nc1ccccc1[N+](=O)[O-].O=C1Cc2ccccc2N1.[CH2-]C.[V].[V].c1ccc2[nH]cnc2c1. The van der Waals surface area contributed by atoms with Crippen LogP contribution in [0.25, 0.3) is 44.1 Å². The maximum Gasteiger partial charge on any atom is 0.292 e. The van der Waals surface area contributed by atoms with Gasteiger partial charge in [-0.3, -0.25) is 19.3 Å². The molecule has 0 spiro atoms. The van der Waals surface area contributed by atoms with Crippen molar-refractivity contribution in [2.45, 2.75) is 153 Å². The number of imidazole rings is 4. The second kappa shape index (κ2) is 85.2. The topological polar surface area (TPSA) is 243 Å². The molecule has 12 rings (SSSR count). The van der Waals surface area contributed by atoms with Crippen molar-refractivity contribution in [2.24, 2.45) is 14.1 Å². The largest absolute Gasteiger partial charge is 0.397 e. The van der Waals surface area contributed by atoms with Crippen LogP contribution in [0.15, 0.2) is 183 Å². The minimum atomic E-state index is -0.505. The Balaban J connectivity index is -0.000000114. The minimum Gasteiger partial charge on any atom is -0.397 e. The average molecular weight is 2320 g/mol. The van der Waals surface area contributed by atoms with Crippen molar-refractivity contribution in [2.75, 3.05) is 26.9 Å². The molecule has 578 valence electrons. The van der Waals surface area contributed by atoms with Crippen LogP contribution in [0.5, 0.6) is 0 Å². The van der Waals surface area contributed by atoms with Crippen molar-refractivity contribution < 1.29 is 46.8 Å². The van der Waals surface area contributed by atoms with Crippen LogP contribution in [0.2, 0.25) is 10.6 Å². The van der Waals surface area contributed by atoms with Crippen molar-refractivity contribution in [3.8, 4) is 0 Å². The van der Waals surface area contributed by atoms with Gasteiger partial charge in [0, 0.05) is 63.0 Å². The third-order valence-electron chi connectivity index (χ3n) is 9.82. The number of nitrogens with zero attached hydrogens (tertiary/aromatic N) is 7. The number of carbonyl (C=O) groups excluding carboxylic acids is 1. The molecule has 0 saturated carbocycles. The number of aryl methyl sites for hydroxylation is 2. The Morgan fingerprint density at radius 1 is 0.602 bits per heavy atom. The minimum absolute atomic E-state index is 0. The Hall–Kier alpha value is -2.45. The first-order valence-electron chi connectivity index (χ1n) is 33.3. The molecule has 1 amide bonds. The molecule has 1 aliphatic rings. The molecular weight excluding hydrogens is 2200 g/mol. The van der Waals surface area contributed by atoms with E-state index >= 15 is 0 Å². The van der Waals surface area contributed by atoms with Gasteiger partial charge in [-0.25, -0.2) is 19.9 Å². The number of nitro groups is 1. The number of nitrogens with one attached hydrogen (secondary N) is 3. The number of hydrogen-bond acceptors (Lipinski definition) is 10. The molecule has 27 heteroatoms. The molecule has 2 radical (unpaired) electrons. The third kappa shape index (κ3) is 64.1. The van der Waals surface area contributed by atoms with Gasteiger partial charge < -0.3 is 71.1 Å². The van der Waals surface area contributed by atoms with Gasteiger partial charge in [0.2, 0.25) is 16.5 Å². The summed E-state index contributed by atoms with van der Waals surface area (Å²) >= 11 is 27.6. The van der Waals surface area contributed by atoms with Gasteiger partial charge in [-0.15, -0.1) is 0 Å². The van der Waals surface area contributed by atoms with E-state index in [1.54, 1.807) is 37.5 Å². The van der Waals surface area contributed by atoms with Gasteiger partial charge in [0.05, 0.1) is 81.4 Å². The summed E-state index contributed by atoms with van der Waals surface area (Å²) < 4.78 is 8.24. The predicted molar refractivity (Wildman–Crippen MR) is 514 cm³/mol. The van der Waals surface area contributed by atoms with Crippen molar-refractivity contribution in [1.29, 1.82) is 0 Å². The van der Waals surface area contributed by atoms with Gasteiger partial charge in [0.15, 0.2) is 0 Å². The molecule has 4 aromatic heterocycles. The first-order valence-corrected chi connectivity index (χ1v) is 42.6. The van der Waals surface area contributed by atoms with Crippen LogP contribution in [-0.2, 0) is 62.4 Å². The molecule has 0 atom stereocenters. The number of nitro benzene ring substituents is 1. The number of amides is 1. The molecule has 16 nitrogen and oxygen atoms in total. The fourth-order valence-electron chi connectivity index (χ4n) is 6.33. The number of carbonyl (C=O) groups is 1. The summed E-state index contributed by atoms with van der Waals surface area (Å²) in [5, 5.41) is 13.9. The number of para-hydroxylation sites is 13. The summed E-state index contributed by atoms with van der Waals surface area (Å²) in [5.74, 6) is 0.0983. The smallest absolute Gasteiger partial charge is 0.292 e. The van der Waals surface area contributed by atoms with E-state index in [2.05, 4.69) is 227 Å². The molecule has 0 bridgehead atoms. The molecule has 11 aromatic rings. The number of halogens is 9. The number of nitrogen functional groups attached to an aromatic ring is 3. The number of nitrogens with two attached hydrogens (primary N) is 3. The number of alkyl halides is 6. The quantitative estimate of drug-likeness (QED) is 0.0227. The number of anilines is 4. The van der Waals surface area contributed by atoms with Crippen molar-refractivity contribution in [3.05, 3.63) is 220 Å². The van der Waals surface area contributed by atoms with E-state index in [0.717, 1.165) is 51.8 Å². The molecular formula is C76H116Cl2I7N13O3V2-2. The average Bonchev–Trinajstić information content (AvgIpc) is 1.69. The van der Waals surface area contributed by atoms with Crippen molar-refractivity contribution in [1.82, 2.24) is 39.0 Å². The Kier molecular flexibility index (Phi) is 100. The van der Waals surface area contributed by atoms with Gasteiger partial charge in [-0.2, -0.15) is 13.8 Å². The first kappa shape index (κ1) is 122. The Bertz CT molecular complexity index is 3500. The molecule has 0 fully saturated rings. The number of H-pyrrole nitrogens is 2. The number of benzene rings is 7. The van der Waals surface area contributed by atoms with E-state index in [4.69, 9.17) is 40.4 Å². The van der Waals surface area contributed by atoms with Gasteiger partial charge >= 0.3 is 0 Å². The molecule has 103 heavy (non-hydrogen) atoms. The van der Waals surface area contributed by atoms with Crippen LogP contribution in [0, 0.1) is 21.5 Å². The molecule has 0 saturated heterocycles.